The van der Waals surface area contributed by atoms with E-state index in [1.165, 1.54) is 0 Å². The Bertz CT molecular complexity index is 452. The van der Waals surface area contributed by atoms with Crippen molar-refractivity contribution in [1.82, 2.24) is 4.90 Å². The molecule has 2 heterocycles. The molecule has 1 fully saturated rings. The van der Waals surface area contributed by atoms with Crippen LogP contribution in [0.25, 0.3) is 0 Å². The fourth-order valence-corrected chi connectivity index (χ4v) is 2.35. The molecular formula is C13H13NO2. The number of rotatable bonds is 1. The highest BCUT2D eigenvalue weighted by atomic mass is 16.5. The van der Waals surface area contributed by atoms with Gasteiger partial charge in [-0.25, -0.2) is 0 Å². The normalized spacial score (nSPS) is 28.2. The lowest BCUT2D eigenvalue weighted by molar-refractivity contribution is -0.131. The van der Waals surface area contributed by atoms with Gasteiger partial charge >= 0.3 is 0 Å². The van der Waals surface area contributed by atoms with Crippen molar-refractivity contribution in [2.75, 3.05) is 6.61 Å². The first-order chi connectivity index (χ1) is 7.77. The smallest absolute Gasteiger partial charge is 0.252 e. The first-order valence-electron chi connectivity index (χ1n) is 5.45. The number of hydrogen-bond donors (Lipinski definition) is 0. The standard InChI is InChI=1S/C13H13NO2/c1-9-7-11-8-16-13(14(11)12(9)15)10-5-3-2-4-6-10/h2-7,11,13H,8H2,1H3/t11-,13+/m1/s1. The number of carbonyl (C=O) groups is 1. The van der Waals surface area contributed by atoms with Gasteiger partial charge in [-0.2, -0.15) is 0 Å². The minimum Gasteiger partial charge on any atom is -0.351 e. The zero-order valence-electron chi connectivity index (χ0n) is 9.09. The molecule has 0 spiro atoms. The molecule has 1 aromatic carbocycles. The predicted octanol–water partition coefficient (Wildman–Crippen LogP) is 1.87. The highest BCUT2D eigenvalue weighted by Gasteiger charge is 2.42. The van der Waals surface area contributed by atoms with E-state index in [1.54, 1.807) is 0 Å². The molecule has 1 aromatic rings. The minimum absolute atomic E-state index is 0.0938. The van der Waals surface area contributed by atoms with Crippen LogP contribution in [0.5, 0.6) is 0 Å². The number of benzene rings is 1. The third-order valence-corrected chi connectivity index (χ3v) is 3.13. The van der Waals surface area contributed by atoms with E-state index >= 15 is 0 Å². The van der Waals surface area contributed by atoms with Gasteiger partial charge in [0.25, 0.3) is 5.91 Å². The van der Waals surface area contributed by atoms with Gasteiger partial charge in [0.1, 0.15) is 0 Å². The molecule has 3 rings (SSSR count). The van der Waals surface area contributed by atoms with Gasteiger partial charge in [0.15, 0.2) is 6.23 Å². The van der Waals surface area contributed by atoms with Crippen molar-refractivity contribution in [3.8, 4) is 0 Å². The summed E-state index contributed by atoms with van der Waals surface area (Å²) in [7, 11) is 0. The van der Waals surface area contributed by atoms with Gasteiger partial charge < -0.3 is 9.64 Å². The van der Waals surface area contributed by atoms with Crippen LogP contribution in [-0.2, 0) is 9.53 Å². The van der Waals surface area contributed by atoms with Gasteiger partial charge in [-0.05, 0) is 6.92 Å². The van der Waals surface area contributed by atoms with Gasteiger partial charge in [0.05, 0.1) is 12.6 Å². The zero-order chi connectivity index (χ0) is 11.1. The molecule has 0 saturated carbocycles. The van der Waals surface area contributed by atoms with E-state index in [0.29, 0.717) is 6.61 Å². The fourth-order valence-electron chi connectivity index (χ4n) is 2.35. The summed E-state index contributed by atoms with van der Waals surface area (Å²) >= 11 is 0. The molecule has 1 amide bonds. The number of nitrogens with zero attached hydrogens (tertiary/aromatic N) is 1. The van der Waals surface area contributed by atoms with Crippen LogP contribution >= 0.6 is 0 Å². The molecule has 0 N–H and O–H groups in total. The van der Waals surface area contributed by atoms with Gasteiger partial charge in [-0.15, -0.1) is 0 Å². The lowest BCUT2D eigenvalue weighted by Gasteiger charge is -2.22. The van der Waals surface area contributed by atoms with E-state index in [-0.39, 0.29) is 18.2 Å². The quantitative estimate of drug-likeness (QED) is 0.715. The molecule has 0 bridgehead atoms. The summed E-state index contributed by atoms with van der Waals surface area (Å²) < 4.78 is 5.69. The Morgan fingerprint density at radius 1 is 1.31 bits per heavy atom. The Balaban J connectivity index is 1.93. The third kappa shape index (κ3) is 1.28. The highest BCUT2D eigenvalue weighted by molar-refractivity contribution is 5.96. The first kappa shape index (κ1) is 9.60. The van der Waals surface area contributed by atoms with Crippen LogP contribution in [-0.4, -0.2) is 23.5 Å². The van der Waals surface area contributed by atoms with Crippen LogP contribution in [0.3, 0.4) is 0 Å². The maximum Gasteiger partial charge on any atom is 0.252 e. The van der Waals surface area contributed by atoms with Crippen molar-refractivity contribution in [2.24, 2.45) is 0 Å². The number of ether oxygens (including phenoxy) is 1. The maximum atomic E-state index is 11.9. The average Bonchev–Trinajstić information content (AvgIpc) is 2.83. The molecule has 0 aliphatic carbocycles. The molecule has 0 unspecified atom stereocenters. The fraction of sp³-hybridized carbons (Fsp3) is 0.308. The van der Waals surface area contributed by atoms with Crippen molar-refractivity contribution >= 4 is 5.91 Å². The van der Waals surface area contributed by atoms with Crippen LogP contribution in [0.2, 0.25) is 0 Å². The Morgan fingerprint density at radius 3 is 2.81 bits per heavy atom. The summed E-state index contributed by atoms with van der Waals surface area (Å²) in [6.07, 6.45) is 1.78. The van der Waals surface area contributed by atoms with E-state index in [0.717, 1.165) is 11.1 Å². The number of carbonyl (C=O) groups excluding carboxylic acids is 1. The summed E-state index contributed by atoms with van der Waals surface area (Å²) in [4.78, 5) is 13.8. The molecule has 3 nitrogen and oxygen atoms in total. The summed E-state index contributed by atoms with van der Waals surface area (Å²) in [5.74, 6) is 0.0938. The zero-order valence-corrected chi connectivity index (χ0v) is 9.09. The number of amides is 1. The average molecular weight is 215 g/mol. The van der Waals surface area contributed by atoms with Crippen LogP contribution in [0.15, 0.2) is 42.0 Å². The summed E-state index contributed by atoms with van der Waals surface area (Å²) in [6, 6.07) is 10.0. The Hall–Kier alpha value is -1.61. The topological polar surface area (TPSA) is 29.5 Å². The monoisotopic (exact) mass is 215 g/mol. The van der Waals surface area contributed by atoms with Crippen LogP contribution in [0.1, 0.15) is 18.7 Å². The molecule has 16 heavy (non-hydrogen) atoms. The molecule has 3 heteroatoms. The number of fused-ring (bicyclic) bond motifs is 1. The van der Waals surface area contributed by atoms with E-state index < -0.39 is 0 Å². The number of hydrogen-bond acceptors (Lipinski definition) is 2. The summed E-state index contributed by atoms with van der Waals surface area (Å²) in [5, 5.41) is 0. The van der Waals surface area contributed by atoms with Gasteiger partial charge in [-0.1, -0.05) is 36.4 Å². The molecule has 2 atom stereocenters. The Labute approximate surface area is 94.3 Å². The van der Waals surface area contributed by atoms with E-state index in [2.05, 4.69) is 0 Å². The van der Waals surface area contributed by atoms with E-state index in [9.17, 15) is 4.79 Å². The molecule has 0 aromatic heterocycles. The van der Waals surface area contributed by atoms with Gasteiger partial charge in [0.2, 0.25) is 0 Å². The Morgan fingerprint density at radius 2 is 2.06 bits per heavy atom. The van der Waals surface area contributed by atoms with Gasteiger partial charge in [0, 0.05) is 11.1 Å². The second kappa shape index (κ2) is 3.46. The molecule has 2 aliphatic heterocycles. The largest absolute Gasteiger partial charge is 0.351 e. The van der Waals surface area contributed by atoms with Crippen molar-refractivity contribution in [3.63, 3.8) is 0 Å². The van der Waals surface area contributed by atoms with Crippen LogP contribution < -0.4 is 0 Å². The molecule has 0 radical (unpaired) electrons. The van der Waals surface area contributed by atoms with Crippen molar-refractivity contribution < 1.29 is 9.53 Å². The highest BCUT2D eigenvalue weighted by Crippen LogP contribution is 2.36. The lowest BCUT2D eigenvalue weighted by Crippen LogP contribution is -2.32. The molecule has 1 saturated heterocycles. The summed E-state index contributed by atoms with van der Waals surface area (Å²) in [6.45, 7) is 2.46. The second-order valence-corrected chi connectivity index (χ2v) is 4.23. The van der Waals surface area contributed by atoms with Crippen molar-refractivity contribution in [3.05, 3.63) is 47.5 Å². The van der Waals surface area contributed by atoms with Gasteiger partial charge in [-0.3, -0.25) is 4.79 Å². The van der Waals surface area contributed by atoms with E-state index in [1.807, 2.05) is 48.2 Å². The molecular weight excluding hydrogens is 202 g/mol. The molecule has 82 valence electrons. The minimum atomic E-state index is -0.215. The second-order valence-electron chi connectivity index (χ2n) is 4.23. The Kier molecular flexibility index (Phi) is 2.07. The van der Waals surface area contributed by atoms with Crippen LogP contribution in [0, 0.1) is 0 Å². The lowest BCUT2D eigenvalue weighted by atomic mass is 10.2. The van der Waals surface area contributed by atoms with Crippen molar-refractivity contribution in [2.45, 2.75) is 19.2 Å². The van der Waals surface area contributed by atoms with Crippen LogP contribution in [0.4, 0.5) is 0 Å². The van der Waals surface area contributed by atoms with Crippen molar-refractivity contribution in [1.29, 1.82) is 0 Å². The third-order valence-electron chi connectivity index (χ3n) is 3.13. The van der Waals surface area contributed by atoms with E-state index in [4.69, 9.17) is 4.74 Å². The SMILES string of the molecule is CC1=C[C@@H]2CO[C@@H](c3ccccc3)N2C1=O. The summed E-state index contributed by atoms with van der Waals surface area (Å²) in [5.41, 5.74) is 1.87. The molecule has 2 aliphatic rings. The first-order valence-corrected chi connectivity index (χ1v) is 5.45. The maximum absolute atomic E-state index is 11.9. The predicted molar refractivity (Wildman–Crippen MR) is 59.5 cm³/mol.